The van der Waals surface area contributed by atoms with E-state index in [1.54, 1.807) is 24.3 Å². The van der Waals surface area contributed by atoms with Crippen LogP contribution in [-0.2, 0) is 0 Å². The van der Waals surface area contributed by atoms with Crippen LogP contribution < -0.4 is 5.32 Å². The van der Waals surface area contributed by atoms with Gasteiger partial charge in [0.25, 0.3) is 5.91 Å². The molecule has 4 nitrogen and oxygen atoms in total. The van der Waals surface area contributed by atoms with Crippen molar-refractivity contribution in [3.8, 4) is 5.75 Å². The fourth-order valence-corrected chi connectivity index (χ4v) is 2.25. The molecule has 1 aromatic heterocycles. The number of benzene rings is 1. The van der Waals surface area contributed by atoms with Crippen molar-refractivity contribution in [3.63, 3.8) is 0 Å². The number of hydrogen-bond donors (Lipinski definition) is 2. The van der Waals surface area contributed by atoms with E-state index in [1.807, 2.05) is 13.0 Å². The number of phenols is 1. The Labute approximate surface area is 129 Å². The van der Waals surface area contributed by atoms with Crippen LogP contribution >= 0.6 is 27.5 Å². The highest BCUT2D eigenvalue weighted by atomic mass is 79.9. The fourth-order valence-electron chi connectivity index (χ4n) is 1.73. The Hall–Kier alpha value is -1.59. The predicted octanol–water partition coefficient (Wildman–Crippen LogP) is 3.69. The van der Waals surface area contributed by atoms with E-state index in [2.05, 4.69) is 26.2 Å². The molecule has 0 fully saturated rings. The summed E-state index contributed by atoms with van der Waals surface area (Å²) in [4.78, 5) is 16.1. The Bertz CT molecular complexity index is 649. The molecule has 1 amide bonds. The minimum Gasteiger partial charge on any atom is -0.508 e. The van der Waals surface area contributed by atoms with Crippen LogP contribution in [0, 0.1) is 0 Å². The molecule has 0 aliphatic carbocycles. The third-order valence-electron chi connectivity index (χ3n) is 2.77. The molecule has 2 aromatic rings. The summed E-state index contributed by atoms with van der Waals surface area (Å²) in [5.74, 6) is -0.162. The summed E-state index contributed by atoms with van der Waals surface area (Å²) in [6.45, 7) is 1.83. The summed E-state index contributed by atoms with van der Waals surface area (Å²) < 4.78 is 0.678. The number of nitrogens with one attached hydrogen (secondary N) is 1. The number of carbonyl (C=O) groups excluding carboxylic acids is 1. The summed E-state index contributed by atoms with van der Waals surface area (Å²) in [5.41, 5.74) is 1.10. The van der Waals surface area contributed by atoms with Crippen molar-refractivity contribution >= 4 is 33.4 Å². The zero-order valence-corrected chi connectivity index (χ0v) is 12.9. The summed E-state index contributed by atoms with van der Waals surface area (Å²) in [6, 6.07) is 8.08. The largest absolute Gasteiger partial charge is 0.508 e. The average Bonchev–Trinajstić information content (AvgIpc) is 2.41. The second-order valence-electron chi connectivity index (χ2n) is 4.28. The van der Waals surface area contributed by atoms with Crippen LogP contribution in [0.1, 0.15) is 28.9 Å². The lowest BCUT2D eigenvalue weighted by molar-refractivity contribution is 0.0939. The molecule has 0 radical (unpaired) electrons. The van der Waals surface area contributed by atoms with Gasteiger partial charge in [0.05, 0.1) is 11.6 Å². The van der Waals surface area contributed by atoms with Gasteiger partial charge < -0.3 is 10.4 Å². The Morgan fingerprint density at radius 1 is 1.45 bits per heavy atom. The van der Waals surface area contributed by atoms with Crippen LogP contribution in [0.15, 0.2) is 41.0 Å². The lowest BCUT2D eigenvalue weighted by Gasteiger charge is -2.15. The van der Waals surface area contributed by atoms with Crippen molar-refractivity contribution in [3.05, 3.63) is 57.3 Å². The Morgan fingerprint density at radius 2 is 2.20 bits per heavy atom. The van der Waals surface area contributed by atoms with Gasteiger partial charge in [-0.05, 0) is 46.6 Å². The van der Waals surface area contributed by atoms with Gasteiger partial charge in [-0.25, -0.2) is 4.98 Å². The number of pyridine rings is 1. The van der Waals surface area contributed by atoms with Crippen LogP contribution in [0.25, 0.3) is 0 Å². The van der Waals surface area contributed by atoms with Crippen molar-refractivity contribution in [1.29, 1.82) is 0 Å². The number of halogens is 2. The van der Waals surface area contributed by atoms with E-state index >= 15 is 0 Å². The number of amides is 1. The minimum atomic E-state index is -0.320. The number of aromatic nitrogens is 1. The average molecular weight is 356 g/mol. The molecule has 104 valence electrons. The molecule has 0 saturated carbocycles. The fraction of sp³-hybridized carbons (Fsp3) is 0.143. The van der Waals surface area contributed by atoms with Gasteiger partial charge in [0, 0.05) is 10.7 Å². The van der Waals surface area contributed by atoms with Crippen molar-refractivity contribution in [2.75, 3.05) is 0 Å². The molecular formula is C14H12BrClN2O2. The van der Waals surface area contributed by atoms with Crippen LogP contribution in [0.3, 0.4) is 0 Å². The van der Waals surface area contributed by atoms with E-state index in [4.69, 9.17) is 11.6 Å². The number of hydrogen-bond acceptors (Lipinski definition) is 3. The van der Waals surface area contributed by atoms with Gasteiger partial charge in [0.2, 0.25) is 0 Å². The van der Waals surface area contributed by atoms with E-state index in [-0.39, 0.29) is 22.9 Å². The van der Waals surface area contributed by atoms with Crippen molar-refractivity contribution < 1.29 is 9.90 Å². The summed E-state index contributed by atoms with van der Waals surface area (Å²) in [7, 11) is 0. The second kappa shape index (κ2) is 6.24. The number of nitrogens with zero attached hydrogens (tertiary/aromatic N) is 1. The maximum atomic E-state index is 12.2. The van der Waals surface area contributed by atoms with E-state index in [0.717, 1.165) is 5.56 Å². The van der Waals surface area contributed by atoms with Gasteiger partial charge in [-0.2, -0.15) is 0 Å². The topological polar surface area (TPSA) is 62.2 Å². The van der Waals surface area contributed by atoms with Crippen LogP contribution in [-0.4, -0.2) is 16.0 Å². The lowest BCUT2D eigenvalue weighted by Crippen LogP contribution is -2.27. The third-order valence-corrected chi connectivity index (χ3v) is 3.50. The Morgan fingerprint density at radius 3 is 2.90 bits per heavy atom. The maximum Gasteiger partial charge on any atom is 0.254 e. The summed E-state index contributed by atoms with van der Waals surface area (Å²) in [6.07, 6.45) is 1.53. The van der Waals surface area contributed by atoms with Gasteiger partial charge in [0.1, 0.15) is 10.9 Å². The molecule has 1 atom stereocenters. The van der Waals surface area contributed by atoms with Crippen molar-refractivity contribution in [2.24, 2.45) is 0 Å². The highest BCUT2D eigenvalue weighted by Gasteiger charge is 2.15. The normalized spacial score (nSPS) is 11.9. The number of rotatable bonds is 3. The van der Waals surface area contributed by atoms with Crippen molar-refractivity contribution in [2.45, 2.75) is 13.0 Å². The van der Waals surface area contributed by atoms with Crippen LogP contribution in [0.4, 0.5) is 0 Å². The second-order valence-corrected chi connectivity index (χ2v) is 5.56. The third kappa shape index (κ3) is 3.49. The molecule has 1 heterocycles. The zero-order chi connectivity index (χ0) is 14.7. The molecule has 0 saturated heterocycles. The molecule has 1 unspecified atom stereocenters. The van der Waals surface area contributed by atoms with Gasteiger partial charge in [-0.15, -0.1) is 0 Å². The Kier molecular flexibility index (Phi) is 4.62. The van der Waals surface area contributed by atoms with E-state index in [1.165, 1.54) is 6.20 Å². The number of carbonyl (C=O) groups is 1. The first-order chi connectivity index (χ1) is 9.47. The molecule has 0 bridgehead atoms. The standard InChI is InChI=1S/C14H12BrClN2O2/c1-8(9-3-2-4-11(19)5-9)18-14(20)12-6-10(15)7-17-13(12)16/h2-8,19H,1H3,(H,18,20). The number of phenolic OH excluding ortho intramolecular Hbond substituents is 1. The summed E-state index contributed by atoms with van der Waals surface area (Å²) >= 11 is 9.16. The monoisotopic (exact) mass is 354 g/mol. The van der Waals surface area contributed by atoms with Crippen molar-refractivity contribution in [1.82, 2.24) is 10.3 Å². The number of aromatic hydroxyl groups is 1. The molecule has 0 aliphatic heterocycles. The molecular weight excluding hydrogens is 344 g/mol. The quantitative estimate of drug-likeness (QED) is 0.825. The molecule has 20 heavy (non-hydrogen) atoms. The highest BCUT2D eigenvalue weighted by molar-refractivity contribution is 9.10. The predicted molar refractivity (Wildman–Crippen MR) is 80.9 cm³/mol. The molecule has 2 rings (SSSR count). The van der Waals surface area contributed by atoms with Gasteiger partial charge >= 0.3 is 0 Å². The van der Waals surface area contributed by atoms with Crippen LogP contribution in [0.2, 0.25) is 5.15 Å². The zero-order valence-electron chi connectivity index (χ0n) is 10.6. The van der Waals surface area contributed by atoms with E-state index in [0.29, 0.717) is 10.0 Å². The van der Waals surface area contributed by atoms with Gasteiger partial charge in [0.15, 0.2) is 0 Å². The highest BCUT2D eigenvalue weighted by Crippen LogP contribution is 2.21. The minimum absolute atomic E-state index is 0.147. The molecule has 2 N–H and O–H groups in total. The maximum absolute atomic E-state index is 12.2. The van der Waals surface area contributed by atoms with Gasteiger partial charge in [-0.1, -0.05) is 23.7 Å². The molecule has 0 aliphatic rings. The first kappa shape index (κ1) is 14.8. The smallest absolute Gasteiger partial charge is 0.254 e. The van der Waals surface area contributed by atoms with E-state index < -0.39 is 0 Å². The molecule has 1 aromatic carbocycles. The Balaban J connectivity index is 2.17. The SMILES string of the molecule is CC(NC(=O)c1cc(Br)cnc1Cl)c1cccc(O)c1. The van der Waals surface area contributed by atoms with Gasteiger partial charge in [-0.3, -0.25) is 4.79 Å². The van der Waals surface area contributed by atoms with E-state index in [9.17, 15) is 9.90 Å². The lowest BCUT2D eigenvalue weighted by atomic mass is 10.1. The van der Waals surface area contributed by atoms with Crippen LogP contribution in [0.5, 0.6) is 5.75 Å². The summed E-state index contributed by atoms with van der Waals surface area (Å²) in [5, 5.41) is 12.4. The molecule has 0 spiro atoms. The molecule has 6 heteroatoms. The first-order valence-corrected chi connectivity index (χ1v) is 7.05. The first-order valence-electron chi connectivity index (χ1n) is 5.88.